The van der Waals surface area contributed by atoms with Gasteiger partial charge in [-0.3, -0.25) is 0 Å². The summed E-state index contributed by atoms with van der Waals surface area (Å²) in [6, 6.07) is 20.9. The fourth-order valence-corrected chi connectivity index (χ4v) is 2.23. The van der Waals surface area contributed by atoms with Crippen LogP contribution in [0.1, 0.15) is 17.2 Å². The molecule has 20 heavy (non-hydrogen) atoms. The van der Waals surface area contributed by atoms with Crippen LogP contribution in [0.4, 0.5) is 0 Å². The molecule has 0 saturated heterocycles. The van der Waals surface area contributed by atoms with Crippen molar-refractivity contribution < 1.29 is 0 Å². The lowest BCUT2D eigenvalue weighted by Crippen LogP contribution is -2.05. The van der Waals surface area contributed by atoms with Crippen LogP contribution in [0.3, 0.4) is 0 Å². The molecular formula is C18H16N2. The number of hydrogen-bond acceptors (Lipinski definition) is 1. The van der Waals surface area contributed by atoms with Crippen molar-refractivity contribution in [1.29, 1.82) is 0 Å². The van der Waals surface area contributed by atoms with Gasteiger partial charge in [0.25, 0.3) is 0 Å². The molecule has 0 aliphatic carbocycles. The average Bonchev–Trinajstić information content (AvgIpc) is 3.04. The SMILES string of the molecule is C(=C\C(c1ccccc1)n1ccnc1)/c1ccccc1. The van der Waals surface area contributed by atoms with E-state index in [1.165, 1.54) is 11.1 Å². The van der Waals surface area contributed by atoms with Gasteiger partial charge in [-0.2, -0.15) is 0 Å². The number of nitrogens with zero attached hydrogens (tertiary/aromatic N) is 2. The number of aromatic nitrogens is 2. The molecule has 0 radical (unpaired) electrons. The molecular weight excluding hydrogens is 244 g/mol. The molecule has 3 rings (SSSR count). The van der Waals surface area contributed by atoms with E-state index in [0.717, 1.165) is 0 Å². The van der Waals surface area contributed by atoms with Crippen LogP contribution in [0.15, 0.2) is 85.5 Å². The Kier molecular flexibility index (Phi) is 3.74. The van der Waals surface area contributed by atoms with Gasteiger partial charge in [-0.25, -0.2) is 4.98 Å². The highest BCUT2D eigenvalue weighted by atomic mass is 15.0. The molecule has 0 fully saturated rings. The predicted molar refractivity (Wildman–Crippen MR) is 82.3 cm³/mol. The first-order chi connectivity index (χ1) is 9.93. The lowest BCUT2D eigenvalue weighted by molar-refractivity contribution is 0.701. The van der Waals surface area contributed by atoms with Crippen LogP contribution in [0, 0.1) is 0 Å². The summed E-state index contributed by atoms with van der Waals surface area (Å²) >= 11 is 0. The molecule has 1 atom stereocenters. The van der Waals surface area contributed by atoms with Crippen LogP contribution in [-0.2, 0) is 0 Å². The lowest BCUT2D eigenvalue weighted by Gasteiger charge is -2.14. The first-order valence-corrected chi connectivity index (χ1v) is 6.69. The first kappa shape index (κ1) is 12.4. The Morgan fingerprint density at radius 3 is 2.25 bits per heavy atom. The van der Waals surface area contributed by atoms with Crippen molar-refractivity contribution in [1.82, 2.24) is 9.55 Å². The zero-order chi connectivity index (χ0) is 13.6. The molecule has 1 heterocycles. The van der Waals surface area contributed by atoms with Crippen molar-refractivity contribution in [3.8, 4) is 0 Å². The monoisotopic (exact) mass is 260 g/mol. The van der Waals surface area contributed by atoms with Crippen LogP contribution >= 0.6 is 0 Å². The van der Waals surface area contributed by atoms with Gasteiger partial charge in [0.15, 0.2) is 0 Å². The Hall–Kier alpha value is -2.61. The molecule has 0 spiro atoms. The maximum Gasteiger partial charge on any atom is 0.0954 e. The molecule has 2 nitrogen and oxygen atoms in total. The minimum Gasteiger partial charge on any atom is -0.326 e. The summed E-state index contributed by atoms with van der Waals surface area (Å²) in [6.45, 7) is 0. The van der Waals surface area contributed by atoms with Gasteiger partial charge in [-0.15, -0.1) is 0 Å². The fraction of sp³-hybridized carbons (Fsp3) is 0.0556. The molecule has 0 bridgehead atoms. The summed E-state index contributed by atoms with van der Waals surface area (Å²) in [7, 11) is 0. The van der Waals surface area contributed by atoms with Crippen molar-refractivity contribution in [2.24, 2.45) is 0 Å². The summed E-state index contributed by atoms with van der Waals surface area (Å²) in [4.78, 5) is 4.15. The molecule has 1 unspecified atom stereocenters. The Labute approximate surface area is 119 Å². The third-order valence-electron chi connectivity index (χ3n) is 3.26. The molecule has 0 N–H and O–H groups in total. The van der Waals surface area contributed by atoms with E-state index >= 15 is 0 Å². The van der Waals surface area contributed by atoms with E-state index in [2.05, 4.69) is 70.2 Å². The molecule has 1 aromatic heterocycles. The van der Waals surface area contributed by atoms with Gasteiger partial charge in [-0.1, -0.05) is 72.8 Å². The summed E-state index contributed by atoms with van der Waals surface area (Å²) < 4.78 is 2.11. The maximum atomic E-state index is 4.15. The average molecular weight is 260 g/mol. The number of imidazole rings is 1. The third-order valence-corrected chi connectivity index (χ3v) is 3.26. The zero-order valence-electron chi connectivity index (χ0n) is 11.1. The first-order valence-electron chi connectivity index (χ1n) is 6.69. The second-order valence-electron chi connectivity index (χ2n) is 4.64. The van der Waals surface area contributed by atoms with E-state index in [0.29, 0.717) is 0 Å². The quantitative estimate of drug-likeness (QED) is 0.688. The van der Waals surface area contributed by atoms with Crippen LogP contribution in [0.5, 0.6) is 0 Å². The topological polar surface area (TPSA) is 17.8 Å². The van der Waals surface area contributed by atoms with Gasteiger partial charge in [0.2, 0.25) is 0 Å². The van der Waals surface area contributed by atoms with Crippen molar-refractivity contribution in [2.75, 3.05) is 0 Å². The van der Waals surface area contributed by atoms with Crippen molar-refractivity contribution >= 4 is 6.08 Å². The molecule has 2 aromatic carbocycles. The Bertz CT molecular complexity index is 655. The summed E-state index contributed by atoms with van der Waals surface area (Å²) in [5.74, 6) is 0. The number of rotatable bonds is 4. The van der Waals surface area contributed by atoms with Crippen molar-refractivity contribution in [3.05, 3.63) is 96.6 Å². The molecule has 3 aromatic rings. The molecule has 2 heteroatoms. The Morgan fingerprint density at radius 2 is 1.60 bits per heavy atom. The predicted octanol–water partition coefficient (Wildman–Crippen LogP) is 4.19. The van der Waals surface area contributed by atoms with E-state index in [1.54, 1.807) is 0 Å². The number of allylic oxidation sites excluding steroid dienone is 1. The van der Waals surface area contributed by atoms with Crippen LogP contribution in [-0.4, -0.2) is 9.55 Å². The molecule has 0 saturated carbocycles. The van der Waals surface area contributed by atoms with E-state index < -0.39 is 0 Å². The van der Waals surface area contributed by atoms with Gasteiger partial charge in [0, 0.05) is 12.4 Å². The third kappa shape index (κ3) is 2.86. The highest BCUT2D eigenvalue weighted by Gasteiger charge is 2.08. The molecule has 0 aliphatic heterocycles. The highest BCUT2D eigenvalue weighted by Crippen LogP contribution is 2.20. The van der Waals surface area contributed by atoms with Gasteiger partial charge in [-0.05, 0) is 11.1 Å². The highest BCUT2D eigenvalue weighted by molar-refractivity contribution is 5.50. The van der Waals surface area contributed by atoms with Crippen molar-refractivity contribution in [3.63, 3.8) is 0 Å². The van der Waals surface area contributed by atoms with Crippen LogP contribution in [0.2, 0.25) is 0 Å². The summed E-state index contributed by atoms with van der Waals surface area (Å²) in [5, 5.41) is 0. The number of hydrogen-bond donors (Lipinski definition) is 0. The Morgan fingerprint density at radius 1 is 0.900 bits per heavy atom. The number of benzene rings is 2. The van der Waals surface area contributed by atoms with Crippen LogP contribution in [0.25, 0.3) is 6.08 Å². The normalized spacial score (nSPS) is 12.6. The molecule has 0 aliphatic rings. The van der Waals surface area contributed by atoms with E-state index in [-0.39, 0.29) is 6.04 Å². The fourth-order valence-electron chi connectivity index (χ4n) is 2.23. The lowest BCUT2D eigenvalue weighted by atomic mass is 10.1. The smallest absolute Gasteiger partial charge is 0.0954 e. The minimum atomic E-state index is 0.166. The molecule has 98 valence electrons. The minimum absolute atomic E-state index is 0.166. The maximum absolute atomic E-state index is 4.15. The van der Waals surface area contributed by atoms with Crippen molar-refractivity contribution in [2.45, 2.75) is 6.04 Å². The summed E-state index contributed by atoms with van der Waals surface area (Å²) in [5.41, 5.74) is 2.45. The van der Waals surface area contributed by atoms with E-state index in [9.17, 15) is 0 Å². The zero-order valence-corrected chi connectivity index (χ0v) is 11.1. The largest absolute Gasteiger partial charge is 0.326 e. The van der Waals surface area contributed by atoms with Gasteiger partial charge in [0.1, 0.15) is 0 Å². The second kappa shape index (κ2) is 6.02. The second-order valence-corrected chi connectivity index (χ2v) is 4.64. The van der Waals surface area contributed by atoms with Gasteiger partial charge < -0.3 is 4.57 Å². The Balaban J connectivity index is 1.93. The van der Waals surface area contributed by atoms with Gasteiger partial charge in [0.05, 0.1) is 12.4 Å². The van der Waals surface area contributed by atoms with Gasteiger partial charge >= 0.3 is 0 Å². The van der Waals surface area contributed by atoms with Crippen LogP contribution < -0.4 is 0 Å². The van der Waals surface area contributed by atoms with E-state index in [1.807, 2.05) is 30.9 Å². The standard InChI is InChI=1S/C18H16N2/c1-3-7-16(8-4-1)11-12-18(20-14-13-19-15-20)17-9-5-2-6-10-17/h1-15,18H/b12-11+. The summed E-state index contributed by atoms with van der Waals surface area (Å²) in [6.07, 6.45) is 10.0. The van der Waals surface area contributed by atoms with E-state index in [4.69, 9.17) is 0 Å². The molecule has 0 amide bonds.